The molecule has 2 saturated heterocycles. The van der Waals surface area contributed by atoms with Gasteiger partial charge in [-0.3, -0.25) is 0 Å². The van der Waals surface area contributed by atoms with Gasteiger partial charge in [0.05, 0.1) is 12.2 Å². The molecule has 2 aliphatic heterocycles. The van der Waals surface area contributed by atoms with Crippen molar-refractivity contribution < 1.29 is 9.53 Å². The van der Waals surface area contributed by atoms with Crippen molar-refractivity contribution in [1.82, 2.24) is 15.0 Å². The van der Waals surface area contributed by atoms with Gasteiger partial charge in [0.25, 0.3) is 0 Å². The maximum Gasteiger partial charge on any atom is 0.338 e. The number of hydrogen-bond acceptors (Lipinski definition) is 8. The summed E-state index contributed by atoms with van der Waals surface area (Å²) in [4.78, 5) is 30.3. The molecule has 0 bridgehead atoms. The van der Waals surface area contributed by atoms with Gasteiger partial charge in [-0.05, 0) is 56.9 Å². The van der Waals surface area contributed by atoms with Crippen LogP contribution in [0.5, 0.6) is 0 Å². The molecule has 0 amide bonds. The number of anilines is 4. The van der Waals surface area contributed by atoms with Crippen LogP contribution in [0.4, 0.5) is 23.5 Å². The van der Waals surface area contributed by atoms with Gasteiger partial charge in [-0.1, -0.05) is 0 Å². The monoisotopic (exact) mass is 418 g/mol. The second-order valence-corrected chi connectivity index (χ2v) is 7.07. The Balaban J connectivity index is 0.00000240. The van der Waals surface area contributed by atoms with Crippen LogP contribution in [0.25, 0.3) is 0 Å². The van der Waals surface area contributed by atoms with Crippen molar-refractivity contribution in [1.29, 1.82) is 0 Å². The molecule has 29 heavy (non-hydrogen) atoms. The molecule has 0 unspecified atom stereocenters. The highest BCUT2D eigenvalue weighted by molar-refractivity contribution is 5.89. The van der Waals surface area contributed by atoms with Crippen molar-refractivity contribution in [3.8, 4) is 0 Å². The van der Waals surface area contributed by atoms with Gasteiger partial charge in [-0.25, -0.2) is 4.79 Å². The van der Waals surface area contributed by atoms with Gasteiger partial charge in [0.1, 0.15) is 0 Å². The van der Waals surface area contributed by atoms with E-state index in [9.17, 15) is 4.79 Å². The maximum atomic E-state index is 11.8. The van der Waals surface area contributed by atoms with E-state index in [1.165, 1.54) is 25.7 Å². The lowest BCUT2D eigenvalue weighted by molar-refractivity contribution is 0.0526. The van der Waals surface area contributed by atoms with E-state index in [1.54, 1.807) is 19.1 Å². The van der Waals surface area contributed by atoms with Crippen LogP contribution >= 0.6 is 12.4 Å². The van der Waals surface area contributed by atoms with Gasteiger partial charge in [-0.2, -0.15) is 15.0 Å². The number of aromatic nitrogens is 3. The number of halogens is 1. The van der Waals surface area contributed by atoms with Gasteiger partial charge in [-0.15, -0.1) is 12.4 Å². The third-order valence-corrected chi connectivity index (χ3v) is 5.04. The van der Waals surface area contributed by atoms with E-state index in [1.807, 2.05) is 12.1 Å². The average molecular weight is 419 g/mol. The summed E-state index contributed by atoms with van der Waals surface area (Å²) in [5.74, 6) is 1.68. The van der Waals surface area contributed by atoms with Crippen molar-refractivity contribution >= 4 is 41.9 Å². The minimum absolute atomic E-state index is 0. The Morgan fingerprint density at radius 2 is 1.45 bits per heavy atom. The topological polar surface area (TPSA) is 83.5 Å². The number of hydrogen-bond donors (Lipinski definition) is 1. The molecule has 2 aromatic rings. The number of nitrogens with one attached hydrogen (secondary N) is 1. The lowest BCUT2D eigenvalue weighted by atomic mass is 10.2. The predicted molar refractivity (Wildman–Crippen MR) is 116 cm³/mol. The van der Waals surface area contributed by atoms with E-state index in [0.29, 0.717) is 18.1 Å². The Morgan fingerprint density at radius 3 is 1.93 bits per heavy atom. The molecule has 1 N–H and O–H groups in total. The first kappa shape index (κ1) is 21.1. The quantitative estimate of drug-likeness (QED) is 0.714. The van der Waals surface area contributed by atoms with Crippen LogP contribution in [0.3, 0.4) is 0 Å². The van der Waals surface area contributed by atoms with Crippen LogP contribution in [0, 0.1) is 0 Å². The summed E-state index contributed by atoms with van der Waals surface area (Å²) in [6.45, 7) is 6.09. The highest BCUT2D eigenvalue weighted by atomic mass is 35.5. The predicted octanol–water partition coefficient (Wildman–Crippen LogP) is 3.41. The number of carbonyl (C=O) groups excluding carboxylic acids is 1. The third kappa shape index (κ3) is 5.06. The summed E-state index contributed by atoms with van der Waals surface area (Å²) in [6, 6.07) is 7.15. The lowest BCUT2D eigenvalue weighted by Gasteiger charge is -2.20. The minimum Gasteiger partial charge on any atom is -0.462 e. The summed E-state index contributed by atoms with van der Waals surface area (Å²) >= 11 is 0. The molecule has 1 aromatic heterocycles. The number of carbonyl (C=O) groups is 1. The minimum atomic E-state index is -0.318. The van der Waals surface area contributed by atoms with Gasteiger partial charge in [0.2, 0.25) is 17.8 Å². The smallest absolute Gasteiger partial charge is 0.338 e. The normalized spacial score (nSPS) is 15.9. The van der Waals surface area contributed by atoms with Gasteiger partial charge < -0.3 is 19.9 Å². The molecule has 156 valence electrons. The van der Waals surface area contributed by atoms with Gasteiger partial charge in [0, 0.05) is 31.9 Å². The van der Waals surface area contributed by atoms with Crippen LogP contribution in [0.2, 0.25) is 0 Å². The molecular weight excluding hydrogens is 392 g/mol. The van der Waals surface area contributed by atoms with Crippen molar-refractivity contribution in [3.05, 3.63) is 29.8 Å². The zero-order chi connectivity index (χ0) is 19.3. The van der Waals surface area contributed by atoms with Crippen LogP contribution < -0.4 is 15.1 Å². The lowest BCUT2D eigenvalue weighted by Crippen LogP contribution is -2.25. The van der Waals surface area contributed by atoms with E-state index in [0.717, 1.165) is 43.8 Å². The van der Waals surface area contributed by atoms with Crippen molar-refractivity contribution in [2.24, 2.45) is 0 Å². The Labute approximate surface area is 177 Å². The van der Waals surface area contributed by atoms with E-state index in [-0.39, 0.29) is 18.4 Å². The van der Waals surface area contributed by atoms with Crippen LogP contribution in [0.1, 0.15) is 43.0 Å². The number of nitrogens with zero attached hydrogens (tertiary/aromatic N) is 5. The summed E-state index contributed by atoms with van der Waals surface area (Å²) in [5.41, 5.74) is 1.34. The fourth-order valence-corrected chi connectivity index (χ4v) is 3.56. The summed E-state index contributed by atoms with van der Waals surface area (Å²) < 4.78 is 5.03. The Bertz CT molecular complexity index is 786. The zero-order valence-electron chi connectivity index (χ0n) is 16.6. The van der Waals surface area contributed by atoms with Crippen LogP contribution in [-0.2, 0) is 4.74 Å². The first-order chi connectivity index (χ1) is 13.7. The first-order valence-electron chi connectivity index (χ1n) is 10.0. The maximum absolute atomic E-state index is 11.8. The molecule has 9 heteroatoms. The molecule has 0 spiro atoms. The van der Waals surface area contributed by atoms with Crippen molar-refractivity contribution in [2.75, 3.05) is 47.9 Å². The van der Waals surface area contributed by atoms with Gasteiger partial charge >= 0.3 is 5.97 Å². The number of esters is 1. The number of ether oxygens (including phenoxy) is 1. The molecule has 0 atom stereocenters. The van der Waals surface area contributed by atoms with E-state index < -0.39 is 0 Å². The largest absolute Gasteiger partial charge is 0.462 e. The van der Waals surface area contributed by atoms with E-state index in [4.69, 9.17) is 9.72 Å². The molecular formula is C20H27ClN6O2. The molecule has 8 nitrogen and oxygen atoms in total. The average Bonchev–Trinajstić information content (AvgIpc) is 3.43. The molecule has 4 rings (SSSR count). The second kappa shape index (κ2) is 9.73. The Morgan fingerprint density at radius 1 is 0.931 bits per heavy atom. The molecule has 1 aromatic carbocycles. The fraction of sp³-hybridized carbons (Fsp3) is 0.500. The Kier molecular flexibility index (Phi) is 7.09. The highest BCUT2D eigenvalue weighted by Crippen LogP contribution is 2.24. The van der Waals surface area contributed by atoms with Crippen molar-refractivity contribution in [3.63, 3.8) is 0 Å². The summed E-state index contributed by atoms with van der Waals surface area (Å²) in [5, 5.41) is 3.26. The molecule has 0 saturated carbocycles. The molecule has 2 fully saturated rings. The van der Waals surface area contributed by atoms with Crippen LogP contribution in [-0.4, -0.2) is 53.7 Å². The third-order valence-electron chi connectivity index (χ3n) is 5.04. The first-order valence-corrected chi connectivity index (χ1v) is 10.0. The van der Waals surface area contributed by atoms with E-state index >= 15 is 0 Å². The molecule has 0 radical (unpaired) electrons. The standard InChI is InChI=1S/C20H26N6O2.ClH/c1-2-28-17(27)15-7-9-16(10-8-15)21-18-22-19(25-11-3-4-12-25)24-20(23-18)26-13-5-6-14-26;/h7-10H,2-6,11-14H2,1H3,(H,21,22,23,24);1H. The number of rotatable bonds is 6. The summed E-state index contributed by atoms with van der Waals surface area (Å²) in [6.07, 6.45) is 4.68. The number of benzene rings is 1. The highest BCUT2D eigenvalue weighted by Gasteiger charge is 2.21. The molecule has 0 aliphatic carbocycles. The van der Waals surface area contributed by atoms with E-state index in [2.05, 4.69) is 25.1 Å². The Hall–Kier alpha value is -2.61. The SMILES string of the molecule is CCOC(=O)c1ccc(Nc2nc(N3CCCC3)nc(N3CCCC3)n2)cc1.Cl. The zero-order valence-corrected chi connectivity index (χ0v) is 17.5. The summed E-state index contributed by atoms with van der Waals surface area (Å²) in [7, 11) is 0. The second-order valence-electron chi connectivity index (χ2n) is 7.07. The van der Waals surface area contributed by atoms with Crippen molar-refractivity contribution in [2.45, 2.75) is 32.6 Å². The molecule has 3 heterocycles. The van der Waals surface area contributed by atoms with Crippen LogP contribution in [0.15, 0.2) is 24.3 Å². The van der Waals surface area contributed by atoms with Gasteiger partial charge in [0.15, 0.2) is 0 Å². The molecule has 2 aliphatic rings. The fourth-order valence-electron chi connectivity index (χ4n) is 3.56.